The number of nitrogen functional groups attached to an aromatic ring is 1. The zero-order valence-electron chi connectivity index (χ0n) is 16.0. The van der Waals surface area contributed by atoms with Crippen molar-refractivity contribution in [3.05, 3.63) is 46.5 Å². The van der Waals surface area contributed by atoms with Gasteiger partial charge >= 0.3 is 0 Å². The molecule has 3 rings (SSSR count). The van der Waals surface area contributed by atoms with E-state index in [4.69, 9.17) is 5.73 Å². The van der Waals surface area contributed by atoms with Gasteiger partial charge in [0.15, 0.2) is 16.8 Å². The highest BCUT2D eigenvalue weighted by molar-refractivity contribution is 7.15. The average Bonchev–Trinajstić information content (AvgIpc) is 3.30. The van der Waals surface area contributed by atoms with E-state index in [1.165, 1.54) is 17.4 Å². The normalized spacial score (nSPS) is 17.8. The fourth-order valence-electron chi connectivity index (χ4n) is 3.32. The smallest absolute Gasteiger partial charge is 0.243 e. The molecule has 1 aromatic carbocycles. The molecule has 2 aromatic rings. The van der Waals surface area contributed by atoms with Crippen molar-refractivity contribution >= 4 is 28.3 Å². The minimum Gasteiger partial charge on any atom is -0.375 e. The number of benzene rings is 1. The quantitative estimate of drug-likeness (QED) is 0.626. The molecule has 0 aliphatic carbocycles. The first kappa shape index (κ1) is 21.1. The molecule has 2 heterocycles. The van der Waals surface area contributed by atoms with Gasteiger partial charge in [-0.15, -0.1) is 11.3 Å². The number of hydrogen-bond acceptors (Lipinski definition) is 6. The molecule has 10 heteroatoms. The summed E-state index contributed by atoms with van der Waals surface area (Å²) in [5.74, 6) is -2.64. The van der Waals surface area contributed by atoms with Gasteiger partial charge in [0.1, 0.15) is 6.04 Å². The Bertz CT molecular complexity index is 891. The third-order valence-corrected chi connectivity index (χ3v) is 5.71. The van der Waals surface area contributed by atoms with E-state index in [9.17, 15) is 18.4 Å². The molecule has 0 bridgehead atoms. The predicted molar refractivity (Wildman–Crippen MR) is 106 cm³/mol. The maximum atomic E-state index is 13.6. The van der Waals surface area contributed by atoms with Gasteiger partial charge in [0.2, 0.25) is 11.8 Å². The van der Waals surface area contributed by atoms with Crippen LogP contribution in [0.4, 0.5) is 13.9 Å². The molecule has 1 saturated heterocycles. The van der Waals surface area contributed by atoms with Crippen molar-refractivity contribution in [1.29, 1.82) is 0 Å². The second-order valence-electron chi connectivity index (χ2n) is 7.04. The highest BCUT2D eigenvalue weighted by atomic mass is 32.1. The van der Waals surface area contributed by atoms with E-state index in [1.807, 2.05) is 11.9 Å². The molecule has 1 aliphatic rings. The van der Waals surface area contributed by atoms with Crippen LogP contribution in [0.3, 0.4) is 0 Å². The number of carbonyl (C=O) groups excluding carboxylic acids is 2. The third-order valence-electron chi connectivity index (χ3n) is 4.89. The summed E-state index contributed by atoms with van der Waals surface area (Å²) in [5, 5.41) is 5.91. The Morgan fingerprint density at radius 1 is 1.38 bits per heavy atom. The number of amides is 2. The second-order valence-corrected chi connectivity index (χ2v) is 8.18. The molecule has 1 aromatic heterocycles. The minimum atomic E-state index is -0.997. The number of nitrogens with zero attached hydrogens (tertiary/aromatic N) is 2. The second kappa shape index (κ2) is 9.27. The molecule has 2 amide bonds. The molecule has 1 aliphatic heterocycles. The Hall–Kier alpha value is -2.59. The molecule has 29 heavy (non-hydrogen) atoms. The Balaban J connectivity index is 1.71. The van der Waals surface area contributed by atoms with E-state index in [2.05, 4.69) is 15.6 Å². The van der Waals surface area contributed by atoms with Crippen LogP contribution < -0.4 is 16.4 Å². The molecule has 0 radical (unpaired) electrons. The summed E-state index contributed by atoms with van der Waals surface area (Å²) >= 11 is 1.25. The number of anilines is 1. The molecule has 1 fully saturated rings. The molecule has 2 atom stereocenters. The lowest BCUT2D eigenvalue weighted by molar-refractivity contribution is -0.131. The first-order valence-electron chi connectivity index (χ1n) is 9.26. The zero-order chi connectivity index (χ0) is 21.0. The number of halogens is 2. The van der Waals surface area contributed by atoms with Crippen LogP contribution in [0.1, 0.15) is 23.3 Å². The summed E-state index contributed by atoms with van der Waals surface area (Å²) in [6.07, 6.45) is 3.22. The van der Waals surface area contributed by atoms with Gasteiger partial charge in [0.05, 0.1) is 12.6 Å². The van der Waals surface area contributed by atoms with Gasteiger partial charge < -0.3 is 16.4 Å². The number of aromatic nitrogens is 1. The maximum Gasteiger partial charge on any atom is 0.243 e. The van der Waals surface area contributed by atoms with Gasteiger partial charge in [-0.1, -0.05) is 6.07 Å². The molecule has 0 spiro atoms. The lowest BCUT2D eigenvalue weighted by Gasteiger charge is -2.23. The van der Waals surface area contributed by atoms with E-state index in [0.717, 1.165) is 30.0 Å². The number of nitrogens with one attached hydrogen (secondary N) is 2. The van der Waals surface area contributed by atoms with E-state index >= 15 is 0 Å². The van der Waals surface area contributed by atoms with E-state index in [1.54, 1.807) is 6.20 Å². The minimum absolute atomic E-state index is 0.0377. The van der Waals surface area contributed by atoms with Crippen LogP contribution in [0.2, 0.25) is 0 Å². The molecule has 4 N–H and O–H groups in total. The van der Waals surface area contributed by atoms with Gasteiger partial charge in [-0.05, 0) is 44.1 Å². The molecule has 156 valence electrons. The van der Waals surface area contributed by atoms with Gasteiger partial charge in [-0.2, -0.15) is 0 Å². The number of hydrogen-bond donors (Lipinski definition) is 3. The van der Waals surface area contributed by atoms with Crippen molar-refractivity contribution in [1.82, 2.24) is 20.5 Å². The lowest BCUT2D eigenvalue weighted by Crippen LogP contribution is -2.52. The summed E-state index contributed by atoms with van der Waals surface area (Å²) in [7, 11) is 1.86. The molecule has 0 unspecified atom stereocenters. The van der Waals surface area contributed by atoms with Crippen LogP contribution >= 0.6 is 11.3 Å². The number of nitrogens with two attached hydrogens (primary N) is 1. The fourth-order valence-corrected chi connectivity index (χ4v) is 3.95. The SMILES string of the molecule is CN1CCC[C@@H]1C(=O)N[C@@H](Cc1ccc(F)c(F)c1)C(=O)NCc1cnc(N)s1. The highest BCUT2D eigenvalue weighted by Crippen LogP contribution is 2.17. The number of likely N-dealkylation sites (N-methyl/N-ethyl adjacent to an activating group) is 1. The van der Waals surface area contributed by atoms with Crippen molar-refractivity contribution in [2.45, 2.75) is 37.9 Å². The molecule has 7 nitrogen and oxygen atoms in total. The number of likely N-dealkylation sites (tertiary alicyclic amines) is 1. The van der Waals surface area contributed by atoms with Crippen molar-refractivity contribution < 1.29 is 18.4 Å². The summed E-state index contributed by atoms with van der Waals surface area (Å²) in [5.41, 5.74) is 6.00. The molecule has 0 saturated carbocycles. The molecular weight excluding hydrogens is 400 g/mol. The van der Waals surface area contributed by atoms with Crippen molar-refractivity contribution in [2.75, 3.05) is 19.3 Å². The third kappa shape index (κ3) is 5.48. The summed E-state index contributed by atoms with van der Waals surface area (Å²) in [6.45, 7) is 1.02. The van der Waals surface area contributed by atoms with E-state index < -0.39 is 23.6 Å². The van der Waals surface area contributed by atoms with Crippen LogP contribution in [0.15, 0.2) is 24.4 Å². The number of thiazole rings is 1. The fraction of sp³-hybridized carbons (Fsp3) is 0.421. The highest BCUT2D eigenvalue weighted by Gasteiger charge is 2.31. The van der Waals surface area contributed by atoms with E-state index in [-0.39, 0.29) is 24.9 Å². The van der Waals surface area contributed by atoms with Gasteiger partial charge in [-0.25, -0.2) is 13.8 Å². The van der Waals surface area contributed by atoms with Crippen LogP contribution in [0.5, 0.6) is 0 Å². The Labute approximate surface area is 171 Å². The van der Waals surface area contributed by atoms with Crippen molar-refractivity contribution in [3.8, 4) is 0 Å². The standard InChI is InChI=1S/C19H23F2N5O2S/c1-26-6-2-3-16(26)18(28)25-15(8-11-4-5-13(20)14(21)7-11)17(27)23-9-12-10-24-19(22)29-12/h4-5,7,10,15-16H,2-3,6,8-9H2,1H3,(H2,22,24)(H,23,27)(H,25,28)/t15-,16+/m0/s1. The molecular formula is C19H23F2N5O2S. The lowest BCUT2D eigenvalue weighted by atomic mass is 10.0. The average molecular weight is 423 g/mol. The number of carbonyl (C=O) groups is 2. The van der Waals surface area contributed by atoms with Crippen LogP contribution in [0, 0.1) is 11.6 Å². The number of rotatable bonds is 7. The van der Waals surface area contributed by atoms with Crippen LogP contribution in [0.25, 0.3) is 0 Å². The first-order chi connectivity index (χ1) is 13.8. The van der Waals surface area contributed by atoms with Gasteiger partial charge in [0, 0.05) is 17.5 Å². The summed E-state index contributed by atoms with van der Waals surface area (Å²) in [4.78, 5) is 32.1. The first-order valence-corrected chi connectivity index (χ1v) is 10.1. The topological polar surface area (TPSA) is 100 Å². The van der Waals surface area contributed by atoms with Crippen LogP contribution in [-0.2, 0) is 22.6 Å². The largest absolute Gasteiger partial charge is 0.375 e. The summed E-state index contributed by atoms with van der Waals surface area (Å²) < 4.78 is 26.8. The summed E-state index contributed by atoms with van der Waals surface area (Å²) in [6, 6.07) is 2.21. The van der Waals surface area contributed by atoms with Gasteiger partial charge in [-0.3, -0.25) is 14.5 Å². The monoisotopic (exact) mass is 423 g/mol. The van der Waals surface area contributed by atoms with Crippen molar-refractivity contribution in [2.24, 2.45) is 0 Å². The Morgan fingerprint density at radius 2 is 2.17 bits per heavy atom. The zero-order valence-corrected chi connectivity index (χ0v) is 16.8. The Morgan fingerprint density at radius 3 is 2.79 bits per heavy atom. The predicted octanol–water partition coefficient (Wildman–Crippen LogP) is 1.44. The van der Waals surface area contributed by atoms with Crippen LogP contribution in [-0.4, -0.2) is 47.4 Å². The van der Waals surface area contributed by atoms with Crippen molar-refractivity contribution in [3.63, 3.8) is 0 Å². The Kier molecular flexibility index (Phi) is 6.75. The van der Waals surface area contributed by atoms with E-state index in [0.29, 0.717) is 17.1 Å². The maximum absolute atomic E-state index is 13.6. The van der Waals surface area contributed by atoms with Gasteiger partial charge in [0.25, 0.3) is 0 Å².